The van der Waals surface area contributed by atoms with E-state index in [0.29, 0.717) is 11.4 Å². The molecule has 2 aromatic rings. The SMILES string of the molecule is Cc1cc(CS(=O)C(C)C(=O)Nc2ccccc2)on1. The van der Waals surface area contributed by atoms with Gasteiger partial charge in [0.25, 0.3) is 0 Å². The molecule has 1 aromatic heterocycles. The minimum Gasteiger partial charge on any atom is -0.360 e. The lowest BCUT2D eigenvalue weighted by Gasteiger charge is -2.11. The van der Waals surface area contributed by atoms with Gasteiger partial charge in [-0.3, -0.25) is 9.00 Å². The molecule has 6 heteroatoms. The number of rotatable bonds is 5. The summed E-state index contributed by atoms with van der Waals surface area (Å²) in [4.78, 5) is 12.0. The van der Waals surface area contributed by atoms with Crippen molar-refractivity contribution in [3.8, 4) is 0 Å². The predicted molar refractivity (Wildman–Crippen MR) is 77.6 cm³/mol. The van der Waals surface area contributed by atoms with Crippen molar-refractivity contribution >= 4 is 22.4 Å². The van der Waals surface area contributed by atoms with Crippen LogP contribution >= 0.6 is 0 Å². The van der Waals surface area contributed by atoms with Crippen molar-refractivity contribution in [2.45, 2.75) is 24.9 Å². The topological polar surface area (TPSA) is 72.2 Å². The molecule has 0 aliphatic rings. The van der Waals surface area contributed by atoms with Gasteiger partial charge in [0.2, 0.25) is 5.91 Å². The molecule has 0 bridgehead atoms. The van der Waals surface area contributed by atoms with Crippen molar-refractivity contribution in [1.82, 2.24) is 5.16 Å². The summed E-state index contributed by atoms with van der Waals surface area (Å²) in [6.45, 7) is 3.43. The number of carbonyl (C=O) groups excluding carboxylic acids is 1. The fourth-order valence-electron chi connectivity index (χ4n) is 1.63. The summed E-state index contributed by atoms with van der Waals surface area (Å²) >= 11 is 0. The normalized spacial score (nSPS) is 13.7. The number of nitrogens with zero attached hydrogens (tertiary/aromatic N) is 1. The van der Waals surface area contributed by atoms with Crippen molar-refractivity contribution in [3.05, 3.63) is 47.9 Å². The third-order valence-electron chi connectivity index (χ3n) is 2.77. The molecule has 1 heterocycles. The van der Waals surface area contributed by atoms with Gasteiger partial charge in [-0.2, -0.15) is 0 Å². The lowest BCUT2D eigenvalue weighted by Crippen LogP contribution is -2.29. The average Bonchev–Trinajstić information content (AvgIpc) is 2.84. The van der Waals surface area contributed by atoms with Crippen LogP contribution in [-0.4, -0.2) is 20.5 Å². The highest BCUT2D eigenvalue weighted by molar-refractivity contribution is 7.85. The fraction of sp³-hybridized carbons (Fsp3) is 0.286. The van der Waals surface area contributed by atoms with Crippen LogP contribution < -0.4 is 5.32 Å². The van der Waals surface area contributed by atoms with E-state index < -0.39 is 16.0 Å². The van der Waals surface area contributed by atoms with Crippen LogP contribution in [0.1, 0.15) is 18.4 Å². The standard InChI is InChI=1S/C14H16N2O3S/c1-10-8-13(19-16-10)9-20(18)11(2)14(17)15-12-6-4-3-5-7-12/h3-8,11H,9H2,1-2H3,(H,15,17). The minimum absolute atomic E-state index is 0.185. The monoisotopic (exact) mass is 292 g/mol. The Morgan fingerprint density at radius 3 is 2.70 bits per heavy atom. The number of nitrogens with one attached hydrogen (secondary N) is 1. The van der Waals surface area contributed by atoms with Gasteiger partial charge in [0.05, 0.1) is 11.4 Å². The van der Waals surface area contributed by atoms with E-state index in [0.717, 1.165) is 5.69 Å². The molecule has 0 radical (unpaired) electrons. The van der Waals surface area contributed by atoms with Crippen molar-refractivity contribution in [1.29, 1.82) is 0 Å². The Bertz CT molecular complexity index is 610. The van der Waals surface area contributed by atoms with Crippen LogP contribution in [0.3, 0.4) is 0 Å². The Labute approximate surface area is 119 Å². The second-order valence-electron chi connectivity index (χ2n) is 4.46. The zero-order chi connectivity index (χ0) is 14.5. The summed E-state index contributed by atoms with van der Waals surface area (Å²) in [6, 6.07) is 10.8. The van der Waals surface area contributed by atoms with Gasteiger partial charge in [0, 0.05) is 22.6 Å². The van der Waals surface area contributed by atoms with Gasteiger partial charge in [-0.1, -0.05) is 23.4 Å². The molecule has 20 heavy (non-hydrogen) atoms. The number of aryl methyl sites for hydroxylation is 1. The first-order chi connectivity index (χ1) is 9.56. The van der Waals surface area contributed by atoms with Gasteiger partial charge in [0.1, 0.15) is 11.0 Å². The van der Waals surface area contributed by atoms with Crippen LogP contribution in [0.15, 0.2) is 40.9 Å². The quantitative estimate of drug-likeness (QED) is 0.917. The molecule has 0 fully saturated rings. The lowest BCUT2D eigenvalue weighted by atomic mass is 10.3. The van der Waals surface area contributed by atoms with Gasteiger partial charge < -0.3 is 9.84 Å². The van der Waals surface area contributed by atoms with Crippen LogP contribution in [0.2, 0.25) is 0 Å². The molecule has 0 spiro atoms. The highest BCUT2D eigenvalue weighted by Crippen LogP contribution is 2.11. The maximum Gasteiger partial charge on any atom is 0.239 e. The second-order valence-corrected chi connectivity index (χ2v) is 6.21. The molecule has 0 aliphatic heterocycles. The third-order valence-corrected chi connectivity index (χ3v) is 4.34. The van der Waals surface area contributed by atoms with Gasteiger partial charge in [0.15, 0.2) is 0 Å². The average molecular weight is 292 g/mol. The van der Waals surface area contributed by atoms with Crippen LogP contribution in [0.5, 0.6) is 0 Å². The van der Waals surface area contributed by atoms with Gasteiger partial charge in [-0.15, -0.1) is 0 Å². The molecule has 2 rings (SSSR count). The molecule has 2 atom stereocenters. The van der Waals surface area contributed by atoms with Crippen molar-refractivity contribution in [2.24, 2.45) is 0 Å². The van der Waals surface area contributed by atoms with Crippen molar-refractivity contribution < 1.29 is 13.5 Å². The second kappa shape index (κ2) is 6.47. The summed E-state index contributed by atoms with van der Waals surface area (Å²) in [6.07, 6.45) is 0. The summed E-state index contributed by atoms with van der Waals surface area (Å²) in [5, 5.41) is 5.84. The zero-order valence-electron chi connectivity index (χ0n) is 11.3. The molecular weight excluding hydrogens is 276 g/mol. The highest BCUT2D eigenvalue weighted by Gasteiger charge is 2.21. The number of amides is 1. The number of carbonyl (C=O) groups is 1. The smallest absolute Gasteiger partial charge is 0.239 e. The molecule has 0 saturated carbocycles. The Kier molecular flexibility index (Phi) is 4.68. The van der Waals surface area contributed by atoms with Crippen molar-refractivity contribution in [3.63, 3.8) is 0 Å². The van der Waals surface area contributed by atoms with E-state index in [4.69, 9.17) is 4.52 Å². The number of hydrogen-bond donors (Lipinski definition) is 1. The predicted octanol–water partition coefficient (Wildman–Crippen LogP) is 2.26. The molecule has 106 valence electrons. The first-order valence-corrected chi connectivity index (χ1v) is 7.60. The van der Waals surface area contributed by atoms with E-state index in [1.54, 1.807) is 32.0 Å². The molecule has 1 aromatic carbocycles. The number of benzene rings is 1. The van der Waals surface area contributed by atoms with Gasteiger partial charge in [-0.25, -0.2) is 0 Å². The zero-order valence-corrected chi connectivity index (χ0v) is 12.1. The summed E-state index contributed by atoms with van der Waals surface area (Å²) in [5.41, 5.74) is 1.43. The largest absolute Gasteiger partial charge is 0.360 e. The van der Waals surface area contributed by atoms with Crippen LogP contribution in [0.4, 0.5) is 5.69 Å². The minimum atomic E-state index is -1.35. The first kappa shape index (κ1) is 14.5. The molecular formula is C14H16N2O3S. The van der Waals surface area contributed by atoms with Crippen LogP contribution in [0, 0.1) is 6.92 Å². The Morgan fingerprint density at radius 2 is 2.10 bits per heavy atom. The summed E-state index contributed by atoms with van der Waals surface area (Å²) in [5.74, 6) is 0.440. The first-order valence-electron chi connectivity index (χ1n) is 6.21. The fourth-order valence-corrected chi connectivity index (χ4v) is 2.60. The Balaban J connectivity index is 1.94. The van der Waals surface area contributed by atoms with Crippen LogP contribution in [-0.2, 0) is 21.3 Å². The highest BCUT2D eigenvalue weighted by atomic mass is 32.2. The van der Waals surface area contributed by atoms with E-state index in [1.807, 2.05) is 18.2 Å². The Hall–Kier alpha value is -1.95. The number of hydrogen-bond acceptors (Lipinski definition) is 4. The third kappa shape index (κ3) is 3.77. The number of para-hydroxylation sites is 1. The molecule has 2 unspecified atom stereocenters. The maximum atomic E-state index is 12.1. The van der Waals surface area contributed by atoms with Gasteiger partial charge in [-0.05, 0) is 26.0 Å². The van der Waals surface area contributed by atoms with E-state index in [1.165, 1.54) is 0 Å². The molecule has 0 aliphatic carbocycles. The molecule has 5 nitrogen and oxygen atoms in total. The Morgan fingerprint density at radius 1 is 1.40 bits per heavy atom. The van der Waals surface area contributed by atoms with E-state index in [-0.39, 0.29) is 11.7 Å². The van der Waals surface area contributed by atoms with E-state index >= 15 is 0 Å². The molecule has 0 saturated heterocycles. The molecule has 1 amide bonds. The van der Waals surface area contributed by atoms with E-state index in [9.17, 15) is 9.00 Å². The molecule has 1 N–H and O–H groups in total. The maximum absolute atomic E-state index is 12.1. The number of aromatic nitrogens is 1. The van der Waals surface area contributed by atoms with Gasteiger partial charge >= 0.3 is 0 Å². The van der Waals surface area contributed by atoms with E-state index in [2.05, 4.69) is 10.5 Å². The summed E-state index contributed by atoms with van der Waals surface area (Å²) < 4.78 is 17.1. The summed E-state index contributed by atoms with van der Waals surface area (Å²) in [7, 11) is -1.35. The van der Waals surface area contributed by atoms with Crippen LogP contribution in [0.25, 0.3) is 0 Å². The van der Waals surface area contributed by atoms with Crippen molar-refractivity contribution in [2.75, 3.05) is 5.32 Å². The number of anilines is 1. The lowest BCUT2D eigenvalue weighted by molar-refractivity contribution is -0.115.